The third-order valence-electron chi connectivity index (χ3n) is 7.30. The van der Waals surface area contributed by atoms with Crippen LogP contribution in [-0.4, -0.2) is 41.1 Å². The van der Waals surface area contributed by atoms with Crippen LogP contribution in [0.5, 0.6) is 5.75 Å². The Hall–Kier alpha value is -2.58. The molecule has 0 aliphatic carbocycles. The van der Waals surface area contributed by atoms with E-state index in [9.17, 15) is 14.7 Å². The minimum absolute atomic E-state index is 0.0433. The number of methoxy groups -OCH3 is 1. The molecule has 0 radical (unpaired) electrons. The van der Waals surface area contributed by atoms with Gasteiger partial charge in [0.15, 0.2) is 5.43 Å². The summed E-state index contributed by atoms with van der Waals surface area (Å²) in [6.07, 6.45) is 2.15. The van der Waals surface area contributed by atoms with Crippen LogP contribution < -0.4 is 15.6 Å². The highest BCUT2D eigenvalue weighted by Crippen LogP contribution is 2.44. The predicted molar refractivity (Wildman–Crippen MR) is 128 cm³/mol. The number of aromatic carboxylic acids is 1. The van der Waals surface area contributed by atoms with Crippen LogP contribution in [0.15, 0.2) is 29.2 Å². The molecule has 2 aliphatic heterocycles. The van der Waals surface area contributed by atoms with Crippen LogP contribution in [0.25, 0.3) is 11.3 Å². The summed E-state index contributed by atoms with van der Waals surface area (Å²) in [4.78, 5) is 24.3. The normalized spacial score (nSPS) is 20.8. The molecule has 8 heteroatoms. The molecule has 1 unspecified atom stereocenters. The van der Waals surface area contributed by atoms with Gasteiger partial charge < -0.3 is 23.7 Å². The van der Waals surface area contributed by atoms with Crippen LogP contribution in [0.3, 0.4) is 0 Å². The first kappa shape index (κ1) is 23.6. The highest BCUT2D eigenvalue weighted by molar-refractivity contribution is 6.63. The van der Waals surface area contributed by atoms with Gasteiger partial charge in [-0.2, -0.15) is 0 Å². The van der Waals surface area contributed by atoms with Crippen LogP contribution in [-0.2, 0) is 15.7 Å². The molecule has 1 saturated heterocycles. The van der Waals surface area contributed by atoms with E-state index in [2.05, 4.69) is 20.8 Å². The van der Waals surface area contributed by atoms with E-state index >= 15 is 0 Å². The van der Waals surface area contributed by atoms with E-state index in [0.29, 0.717) is 17.9 Å². The fraction of sp³-hybridized carbons (Fsp3) is 0.520. The van der Waals surface area contributed by atoms with E-state index in [4.69, 9.17) is 14.0 Å². The number of hydrogen-bond donors (Lipinski definition) is 1. The monoisotopic (exact) mass is 453 g/mol. The molecular weight excluding hydrogens is 421 g/mol. The lowest BCUT2D eigenvalue weighted by atomic mass is 9.73. The molecule has 0 bridgehead atoms. The maximum Gasteiger partial charge on any atom is 0.498 e. The molecule has 0 amide bonds. The number of pyridine rings is 1. The lowest BCUT2D eigenvalue weighted by molar-refractivity contribution is 0.00578. The van der Waals surface area contributed by atoms with Crippen molar-refractivity contribution in [2.24, 2.45) is 5.41 Å². The number of aromatic nitrogens is 1. The number of nitrogens with zero attached hydrogens (tertiary/aromatic N) is 1. The Morgan fingerprint density at radius 1 is 1.15 bits per heavy atom. The first-order valence-corrected chi connectivity index (χ1v) is 11.2. The second-order valence-corrected chi connectivity index (χ2v) is 11.1. The zero-order valence-electron chi connectivity index (χ0n) is 20.6. The summed E-state index contributed by atoms with van der Waals surface area (Å²) in [5.41, 5.74) is 1.50. The number of ether oxygens (including phenoxy) is 1. The minimum Gasteiger partial charge on any atom is -0.497 e. The summed E-state index contributed by atoms with van der Waals surface area (Å²) in [6, 6.07) is 5.33. The van der Waals surface area contributed by atoms with Crippen LogP contribution in [0.1, 0.15) is 70.4 Å². The fourth-order valence-electron chi connectivity index (χ4n) is 4.60. The van der Waals surface area contributed by atoms with Crippen molar-refractivity contribution in [1.82, 2.24) is 4.57 Å². The summed E-state index contributed by atoms with van der Waals surface area (Å²) < 4.78 is 20.2. The fourth-order valence-corrected chi connectivity index (χ4v) is 4.60. The van der Waals surface area contributed by atoms with Crippen molar-refractivity contribution in [2.75, 3.05) is 7.11 Å². The Morgan fingerprint density at radius 3 is 2.27 bits per heavy atom. The van der Waals surface area contributed by atoms with Crippen molar-refractivity contribution in [3.8, 4) is 17.0 Å². The molecular formula is C25H32BNO6. The molecule has 176 valence electrons. The number of hydrogen-bond acceptors (Lipinski definition) is 5. The standard InChI is InChI=1S/C25H32BNO6/c1-23(2,3)21-10-14-9-17(26-32-24(4,5)25(6,7)33-26)20(31-8)11-15(14)18-12-19(28)16(22(29)30)13-27(18)21/h9,11-13,21H,10H2,1-8H3,(H,29,30). The third kappa shape index (κ3) is 3.79. The van der Waals surface area contributed by atoms with E-state index in [0.717, 1.165) is 16.6 Å². The summed E-state index contributed by atoms with van der Waals surface area (Å²) in [6.45, 7) is 14.4. The van der Waals surface area contributed by atoms with Gasteiger partial charge in [-0.05, 0) is 51.2 Å². The van der Waals surface area contributed by atoms with Gasteiger partial charge in [-0.3, -0.25) is 4.79 Å². The summed E-state index contributed by atoms with van der Waals surface area (Å²) in [5, 5.41) is 9.51. The van der Waals surface area contributed by atoms with Crippen molar-refractivity contribution in [1.29, 1.82) is 0 Å². The molecule has 1 atom stereocenters. The zero-order chi connectivity index (χ0) is 24.5. The van der Waals surface area contributed by atoms with Gasteiger partial charge in [0, 0.05) is 29.3 Å². The number of benzene rings is 1. The van der Waals surface area contributed by atoms with Crippen molar-refractivity contribution < 1.29 is 23.9 Å². The van der Waals surface area contributed by atoms with E-state index < -0.39 is 29.7 Å². The van der Waals surface area contributed by atoms with E-state index in [-0.39, 0.29) is 17.0 Å². The first-order chi connectivity index (χ1) is 15.2. The minimum atomic E-state index is -1.22. The SMILES string of the molecule is COc1cc2c(cc1B1OC(C)(C)C(C)(C)O1)CC(C(C)(C)C)n1cc(C(=O)O)c(=O)cc1-2. The molecule has 7 nitrogen and oxygen atoms in total. The summed E-state index contributed by atoms with van der Waals surface area (Å²) in [5.74, 6) is -0.620. The molecule has 33 heavy (non-hydrogen) atoms. The lowest BCUT2D eigenvalue weighted by Crippen LogP contribution is -2.41. The number of carbonyl (C=O) groups is 1. The van der Waals surface area contributed by atoms with Crippen molar-refractivity contribution >= 4 is 18.6 Å². The average molecular weight is 453 g/mol. The molecule has 4 rings (SSSR count). The van der Waals surface area contributed by atoms with Crippen molar-refractivity contribution in [3.63, 3.8) is 0 Å². The highest BCUT2D eigenvalue weighted by Gasteiger charge is 2.52. The average Bonchev–Trinajstić information content (AvgIpc) is 2.91. The van der Waals surface area contributed by atoms with Gasteiger partial charge in [-0.15, -0.1) is 0 Å². The van der Waals surface area contributed by atoms with Crippen LogP contribution >= 0.6 is 0 Å². The largest absolute Gasteiger partial charge is 0.498 e. The van der Waals surface area contributed by atoms with Crippen molar-refractivity contribution in [2.45, 2.75) is 72.1 Å². The second-order valence-electron chi connectivity index (χ2n) is 11.1. The van der Waals surface area contributed by atoms with Gasteiger partial charge >= 0.3 is 13.1 Å². The smallest absolute Gasteiger partial charge is 0.497 e. The van der Waals surface area contributed by atoms with Gasteiger partial charge in [0.05, 0.1) is 24.0 Å². The Bertz CT molecular complexity index is 1170. The Balaban J connectivity index is 1.92. The van der Waals surface area contributed by atoms with Gasteiger partial charge in [0.25, 0.3) is 0 Å². The van der Waals surface area contributed by atoms with Crippen LogP contribution in [0, 0.1) is 5.41 Å². The maximum absolute atomic E-state index is 12.6. The number of rotatable bonds is 3. The zero-order valence-corrected chi connectivity index (χ0v) is 20.6. The van der Waals surface area contributed by atoms with E-state index in [1.807, 2.05) is 44.4 Å². The molecule has 1 N–H and O–H groups in total. The Morgan fingerprint density at radius 2 is 1.76 bits per heavy atom. The second kappa shape index (κ2) is 7.47. The molecule has 0 spiro atoms. The number of carboxylic acids is 1. The van der Waals surface area contributed by atoms with E-state index in [1.54, 1.807) is 7.11 Å². The third-order valence-corrected chi connectivity index (χ3v) is 7.30. The molecule has 1 fully saturated rings. The maximum atomic E-state index is 12.6. The van der Waals surface area contributed by atoms with E-state index in [1.165, 1.54) is 12.3 Å². The molecule has 2 aliphatic rings. The number of fused-ring (bicyclic) bond motifs is 3. The van der Waals surface area contributed by atoms with Gasteiger partial charge in [0.1, 0.15) is 11.3 Å². The quantitative estimate of drug-likeness (QED) is 0.714. The van der Waals surface area contributed by atoms with Crippen LogP contribution in [0.4, 0.5) is 0 Å². The molecule has 0 saturated carbocycles. The molecule has 1 aromatic carbocycles. The lowest BCUT2D eigenvalue weighted by Gasteiger charge is -2.39. The van der Waals surface area contributed by atoms with Gasteiger partial charge in [-0.25, -0.2) is 4.79 Å². The summed E-state index contributed by atoms with van der Waals surface area (Å²) in [7, 11) is 1.01. The summed E-state index contributed by atoms with van der Waals surface area (Å²) >= 11 is 0. The van der Waals surface area contributed by atoms with Crippen molar-refractivity contribution in [3.05, 3.63) is 45.7 Å². The predicted octanol–water partition coefficient (Wildman–Crippen LogP) is 3.66. The Kier molecular flexibility index (Phi) is 5.34. The molecule has 3 heterocycles. The molecule has 2 aromatic rings. The van der Waals surface area contributed by atoms with Gasteiger partial charge in [-0.1, -0.05) is 26.8 Å². The van der Waals surface area contributed by atoms with Crippen LogP contribution in [0.2, 0.25) is 0 Å². The van der Waals surface area contributed by atoms with Gasteiger partial charge in [0.2, 0.25) is 0 Å². The molecule has 1 aromatic heterocycles. The first-order valence-electron chi connectivity index (χ1n) is 11.2. The number of carboxylic acid groups (broad SMARTS) is 1. The topological polar surface area (TPSA) is 87.0 Å². The Labute approximate surface area is 194 Å². The highest BCUT2D eigenvalue weighted by atomic mass is 16.7.